The molecule has 1 aliphatic carbocycles. The molecule has 0 amide bonds. The number of aromatic amines is 1. The van der Waals surface area contributed by atoms with Crippen molar-refractivity contribution in [3.05, 3.63) is 22.7 Å². The van der Waals surface area contributed by atoms with Crippen molar-refractivity contribution in [2.45, 2.75) is 38.6 Å². The summed E-state index contributed by atoms with van der Waals surface area (Å²) in [6.45, 7) is 2.28. The number of hydrogen-bond donors (Lipinski definition) is 2. The molecule has 0 bridgehead atoms. The van der Waals surface area contributed by atoms with Gasteiger partial charge in [0.1, 0.15) is 0 Å². The Hall–Kier alpha value is -1.32. The standard InChI is InChI=1S/C11H17N3O/c1-8-2-4-9(5-3-8)14-10-11(15)13-7-6-12-10/h6-9H,2-5H2,1H3,(H,12,14)(H,13,15). The number of rotatable bonds is 2. The van der Waals surface area contributed by atoms with E-state index in [2.05, 4.69) is 22.2 Å². The molecule has 1 aliphatic rings. The second kappa shape index (κ2) is 4.47. The molecule has 2 N–H and O–H groups in total. The molecule has 1 saturated carbocycles. The minimum absolute atomic E-state index is 0.129. The Balaban J connectivity index is 1.98. The third-order valence-electron chi connectivity index (χ3n) is 3.06. The van der Waals surface area contributed by atoms with E-state index in [-0.39, 0.29) is 5.56 Å². The largest absolute Gasteiger partial charge is 0.363 e. The summed E-state index contributed by atoms with van der Waals surface area (Å²) >= 11 is 0. The number of H-pyrrole nitrogens is 1. The average molecular weight is 207 g/mol. The van der Waals surface area contributed by atoms with Crippen LogP contribution in [0.3, 0.4) is 0 Å². The molecule has 0 aromatic carbocycles. The summed E-state index contributed by atoms with van der Waals surface area (Å²) in [5.41, 5.74) is -0.129. The van der Waals surface area contributed by atoms with Gasteiger partial charge in [-0.1, -0.05) is 6.92 Å². The quantitative estimate of drug-likeness (QED) is 0.777. The van der Waals surface area contributed by atoms with Crippen molar-refractivity contribution in [3.63, 3.8) is 0 Å². The van der Waals surface area contributed by atoms with Gasteiger partial charge in [-0.05, 0) is 31.6 Å². The van der Waals surface area contributed by atoms with Crippen molar-refractivity contribution in [1.82, 2.24) is 9.97 Å². The Morgan fingerprint density at radius 1 is 1.40 bits per heavy atom. The first kappa shape index (κ1) is 10.2. The molecular formula is C11H17N3O. The Bertz CT molecular complexity index is 366. The van der Waals surface area contributed by atoms with Crippen LogP contribution in [0.1, 0.15) is 32.6 Å². The van der Waals surface area contributed by atoms with Gasteiger partial charge in [0.15, 0.2) is 5.82 Å². The van der Waals surface area contributed by atoms with Crippen LogP contribution < -0.4 is 10.9 Å². The predicted octanol–water partition coefficient (Wildman–Crippen LogP) is 1.76. The van der Waals surface area contributed by atoms with Gasteiger partial charge in [0, 0.05) is 18.4 Å². The molecule has 0 atom stereocenters. The zero-order valence-electron chi connectivity index (χ0n) is 8.99. The minimum atomic E-state index is -0.129. The molecule has 2 rings (SSSR count). The highest BCUT2D eigenvalue weighted by Crippen LogP contribution is 2.24. The van der Waals surface area contributed by atoms with Crippen molar-refractivity contribution in [2.24, 2.45) is 5.92 Å². The topological polar surface area (TPSA) is 57.8 Å². The maximum atomic E-state index is 11.4. The smallest absolute Gasteiger partial charge is 0.290 e. The number of nitrogens with zero attached hydrogens (tertiary/aromatic N) is 1. The fourth-order valence-electron chi connectivity index (χ4n) is 2.05. The summed E-state index contributed by atoms with van der Waals surface area (Å²) in [7, 11) is 0. The normalized spacial score (nSPS) is 26.2. The van der Waals surface area contributed by atoms with Crippen LogP contribution in [0.15, 0.2) is 17.2 Å². The number of aromatic nitrogens is 2. The van der Waals surface area contributed by atoms with Crippen LogP contribution in [0.5, 0.6) is 0 Å². The second-order valence-electron chi connectivity index (χ2n) is 4.37. The lowest BCUT2D eigenvalue weighted by atomic mass is 9.87. The highest BCUT2D eigenvalue weighted by molar-refractivity contribution is 5.31. The molecule has 1 aromatic heterocycles. The molecule has 15 heavy (non-hydrogen) atoms. The van der Waals surface area contributed by atoms with Crippen molar-refractivity contribution in [3.8, 4) is 0 Å². The molecule has 0 aliphatic heterocycles. The van der Waals surface area contributed by atoms with Crippen LogP contribution in [-0.2, 0) is 0 Å². The number of nitrogens with one attached hydrogen (secondary N) is 2. The molecule has 1 fully saturated rings. The molecular weight excluding hydrogens is 190 g/mol. The third-order valence-corrected chi connectivity index (χ3v) is 3.06. The van der Waals surface area contributed by atoms with Gasteiger partial charge in [-0.15, -0.1) is 0 Å². The zero-order chi connectivity index (χ0) is 10.7. The van der Waals surface area contributed by atoms with Crippen LogP contribution in [0.4, 0.5) is 5.82 Å². The molecule has 0 unspecified atom stereocenters. The van der Waals surface area contributed by atoms with Crippen LogP contribution in [0.2, 0.25) is 0 Å². The van der Waals surface area contributed by atoms with Gasteiger partial charge < -0.3 is 10.3 Å². The van der Waals surface area contributed by atoms with E-state index in [1.54, 1.807) is 12.4 Å². The number of hydrogen-bond acceptors (Lipinski definition) is 3. The Labute approximate surface area is 89.1 Å². The second-order valence-corrected chi connectivity index (χ2v) is 4.37. The minimum Gasteiger partial charge on any atom is -0.363 e. The molecule has 0 saturated heterocycles. The zero-order valence-corrected chi connectivity index (χ0v) is 8.99. The van der Waals surface area contributed by atoms with Crippen molar-refractivity contribution < 1.29 is 0 Å². The SMILES string of the molecule is CC1CCC(Nc2ncc[nH]c2=O)CC1. The van der Waals surface area contributed by atoms with Gasteiger partial charge in [0.25, 0.3) is 5.56 Å². The predicted molar refractivity (Wildman–Crippen MR) is 59.9 cm³/mol. The summed E-state index contributed by atoms with van der Waals surface area (Å²) < 4.78 is 0. The molecule has 4 heteroatoms. The van der Waals surface area contributed by atoms with Gasteiger partial charge >= 0.3 is 0 Å². The maximum Gasteiger partial charge on any atom is 0.290 e. The van der Waals surface area contributed by atoms with Gasteiger partial charge in [-0.25, -0.2) is 4.98 Å². The van der Waals surface area contributed by atoms with Crippen LogP contribution in [0, 0.1) is 5.92 Å². The molecule has 0 spiro atoms. The number of anilines is 1. The first-order chi connectivity index (χ1) is 7.25. The van der Waals surface area contributed by atoms with E-state index in [4.69, 9.17) is 0 Å². The highest BCUT2D eigenvalue weighted by atomic mass is 16.1. The fraction of sp³-hybridized carbons (Fsp3) is 0.636. The Morgan fingerprint density at radius 3 is 2.80 bits per heavy atom. The first-order valence-corrected chi connectivity index (χ1v) is 5.56. The van der Waals surface area contributed by atoms with Crippen LogP contribution in [0.25, 0.3) is 0 Å². The third kappa shape index (κ3) is 2.58. The molecule has 82 valence electrons. The van der Waals surface area contributed by atoms with E-state index < -0.39 is 0 Å². The van der Waals surface area contributed by atoms with E-state index in [1.165, 1.54) is 12.8 Å². The van der Waals surface area contributed by atoms with Crippen LogP contribution in [-0.4, -0.2) is 16.0 Å². The van der Waals surface area contributed by atoms with E-state index >= 15 is 0 Å². The first-order valence-electron chi connectivity index (χ1n) is 5.56. The summed E-state index contributed by atoms with van der Waals surface area (Å²) in [6.07, 6.45) is 7.91. The fourth-order valence-corrected chi connectivity index (χ4v) is 2.05. The maximum absolute atomic E-state index is 11.4. The van der Waals surface area contributed by atoms with Crippen molar-refractivity contribution in [2.75, 3.05) is 5.32 Å². The molecule has 0 radical (unpaired) electrons. The monoisotopic (exact) mass is 207 g/mol. The lowest BCUT2D eigenvalue weighted by Gasteiger charge is -2.26. The van der Waals surface area contributed by atoms with Crippen LogP contribution >= 0.6 is 0 Å². The molecule has 4 nitrogen and oxygen atoms in total. The van der Waals surface area contributed by atoms with Gasteiger partial charge in [0.05, 0.1) is 0 Å². The van der Waals surface area contributed by atoms with Crippen molar-refractivity contribution in [1.29, 1.82) is 0 Å². The highest BCUT2D eigenvalue weighted by Gasteiger charge is 2.18. The molecule has 1 heterocycles. The molecule has 1 aromatic rings. The van der Waals surface area contributed by atoms with E-state index in [0.717, 1.165) is 18.8 Å². The van der Waals surface area contributed by atoms with Crippen molar-refractivity contribution >= 4 is 5.82 Å². The van der Waals surface area contributed by atoms with E-state index in [0.29, 0.717) is 11.9 Å². The Morgan fingerprint density at radius 2 is 2.13 bits per heavy atom. The Kier molecular flexibility index (Phi) is 3.04. The lowest BCUT2D eigenvalue weighted by Crippen LogP contribution is -2.28. The van der Waals surface area contributed by atoms with Gasteiger partial charge in [0.2, 0.25) is 0 Å². The van der Waals surface area contributed by atoms with E-state index in [9.17, 15) is 4.79 Å². The summed E-state index contributed by atoms with van der Waals surface area (Å²) in [6, 6.07) is 0.414. The van der Waals surface area contributed by atoms with Gasteiger partial charge in [-0.2, -0.15) is 0 Å². The summed E-state index contributed by atoms with van der Waals surface area (Å²) in [5.74, 6) is 1.28. The van der Waals surface area contributed by atoms with Gasteiger partial charge in [-0.3, -0.25) is 4.79 Å². The van der Waals surface area contributed by atoms with E-state index in [1.807, 2.05) is 0 Å². The lowest BCUT2D eigenvalue weighted by molar-refractivity contribution is 0.360. The average Bonchev–Trinajstić information content (AvgIpc) is 2.25. The summed E-state index contributed by atoms with van der Waals surface area (Å²) in [4.78, 5) is 18.0. The summed E-state index contributed by atoms with van der Waals surface area (Å²) in [5, 5.41) is 3.21.